The molecule has 1 N–H and O–H groups in total. The molecule has 3 aliphatic rings. The molecule has 3 aliphatic heterocycles. The van der Waals surface area contributed by atoms with Gasteiger partial charge in [0.15, 0.2) is 11.1 Å². The van der Waals surface area contributed by atoms with Crippen LogP contribution in [0, 0.1) is 0 Å². The lowest BCUT2D eigenvalue weighted by atomic mass is 10.2. The Kier molecular flexibility index (Phi) is 8.65. The summed E-state index contributed by atoms with van der Waals surface area (Å²) in [5.74, 6) is 1.09. The van der Waals surface area contributed by atoms with E-state index in [2.05, 4.69) is 32.3 Å². The highest BCUT2D eigenvalue weighted by molar-refractivity contribution is 14.0. The van der Waals surface area contributed by atoms with Crippen LogP contribution in [0.4, 0.5) is 5.13 Å². The summed E-state index contributed by atoms with van der Waals surface area (Å²) in [6.07, 6.45) is 7.56. The van der Waals surface area contributed by atoms with Crippen LogP contribution >= 0.6 is 35.3 Å². The fraction of sp³-hybridized carbons (Fsp3) is 0.800. The number of guanidine groups is 1. The molecule has 0 saturated carbocycles. The Morgan fingerprint density at radius 1 is 1.18 bits per heavy atom. The summed E-state index contributed by atoms with van der Waals surface area (Å²) in [6.45, 7) is 11.1. The first-order valence-corrected chi connectivity index (χ1v) is 11.7. The van der Waals surface area contributed by atoms with E-state index in [9.17, 15) is 0 Å². The lowest BCUT2D eigenvalue weighted by Crippen LogP contribution is -2.42. The number of halogens is 1. The van der Waals surface area contributed by atoms with Gasteiger partial charge in [0, 0.05) is 57.1 Å². The molecule has 6 nitrogen and oxygen atoms in total. The number of nitrogens with one attached hydrogen (secondary N) is 1. The Morgan fingerprint density at radius 2 is 1.93 bits per heavy atom. The van der Waals surface area contributed by atoms with Crippen LogP contribution < -0.4 is 10.2 Å². The first-order chi connectivity index (χ1) is 13.3. The molecule has 0 aliphatic carbocycles. The van der Waals surface area contributed by atoms with Crippen LogP contribution in [0.1, 0.15) is 44.7 Å². The standard InChI is InChI=1S/C20H34N6S.HI/c1-2-21-19(26-14-8-18(15-26)24-10-3-4-11-24)22-9-7-17-16-27-20(23-17)25-12-5-6-13-25;/h16,18H,2-15H2,1H3,(H,21,22);1H. The first kappa shape index (κ1) is 22.1. The van der Waals surface area contributed by atoms with Crippen molar-refractivity contribution in [3.05, 3.63) is 11.1 Å². The van der Waals surface area contributed by atoms with Gasteiger partial charge in [0.1, 0.15) is 0 Å². The van der Waals surface area contributed by atoms with Crippen LogP contribution in [0.15, 0.2) is 10.4 Å². The van der Waals surface area contributed by atoms with E-state index in [1.807, 2.05) is 0 Å². The molecule has 0 bridgehead atoms. The molecule has 3 saturated heterocycles. The number of rotatable bonds is 6. The zero-order chi connectivity index (χ0) is 18.5. The Balaban J connectivity index is 0.00000225. The summed E-state index contributed by atoms with van der Waals surface area (Å²) in [4.78, 5) is 17.3. The van der Waals surface area contributed by atoms with Crippen molar-refractivity contribution in [2.45, 2.75) is 51.5 Å². The van der Waals surface area contributed by atoms with Crippen LogP contribution in [-0.2, 0) is 6.42 Å². The molecule has 0 amide bonds. The van der Waals surface area contributed by atoms with E-state index in [0.29, 0.717) is 0 Å². The molecule has 1 aromatic heterocycles. The van der Waals surface area contributed by atoms with Crippen molar-refractivity contribution in [3.63, 3.8) is 0 Å². The van der Waals surface area contributed by atoms with Gasteiger partial charge in [-0.2, -0.15) is 0 Å². The number of nitrogens with zero attached hydrogens (tertiary/aromatic N) is 5. The van der Waals surface area contributed by atoms with E-state index in [1.54, 1.807) is 11.3 Å². The van der Waals surface area contributed by atoms with Gasteiger partial charge in [0.05, 0.1) is 5.69 Å². The molecular weight excluding hydrogens is 483 g/mol. The zero-order valence-electron chi connectivity index (χ0n) is 17.1. The van der Waals surface area contributed by atoms with Gasteiger partial charge >= 0.3 is 0 Å². The number of likely N-dealkylation sites (tertiary alicyclic amines) is 2. The van der Waals surface area contributed by atoms with Crippen LogP contribution in [-0.4, -0.2) is 79.1 Å². The van der Waals surface area contributed by atoms with Crippen molar-refractivity contribution in [1.82, 2.24) is 20.1 Å². The maximum Gasteiger partial charge on any atom is 0.193 e. The van der Waals surface area contributed by atoms with E-state index in [-0.39, 0.29) is 24.0 Å². The second-order valence-corrected chi connectivity index (χ2v) is 8.77. The normalized spacial score (nSPS) is 23.5. The molecule has 3 fully saturated rings. The minimum Gasteiger partial charge on any atom is -0.357 e. The number of anilines is 1. The molecule has 1 atom stereocenters. The lowest BCUT2D eigenvalue weighted by molar-refractivity contribution is 0.249. The number of hydrogen-bond donors (Lipinski definition) is 1. The fourth-order valence-electron chi connectivity index (χ4n) is 4.51. The molecule has 4 rings (SSSR count). The second kappa shape index (κ2) is 11.0. The molecule has 4 heterocycles. The van der Waals surface area contributed by atoms with Crippen molar-refractivity contribution in [3.8, 4) is 0 Å². The van der Waals surface area contributed by atoms with Gasteiger partial charge < -0.3 is 15.1 Å². The highest BCUT2D eigenvalue weighted by Gasteiger charge is 2.30. The molecule has 8 heteroatoms. The third-order valence-electron chi connectivity index (χ3n) is 6.00. The molecule has 158 valence electrons. The molecule has 0 aromatic carbocycles. The van der Waals surface area contributed by atoms with Crippen molar-refractivity contribution in [2.75, 3.05) is 57.3 Å². The van der Waals surface area contributed by atoms with Gasteiger partial charge in [0.2, 0.25) is 0 Å². The van der Waals surface area contributed by atoms with Crippen molar-refractivity contribution in [2.24, 2.45) is 4.99 Å². The van der Waals surface area contributed by atoms with E-state index in [0.717, 1.165) is 44.6 Å². The highest BCUT2D eigenvalue weighted by atomic mass is 127. The highest BCUT2D eigenvalue weighted by Crippen LogP contribution is 2.24. The van der Waals surface area contributed by atoms with E-state index in [4.69, 9.17) is 9.98 Å². The third-order valence-corrected chi connectivity index (χ3v) is 6.95. The smallest absolute Gasteiger partial charge is 0.193 e. The summed E-state index contributed by atoms with van der Waals surface area (Å²) in [5, 5.41) is 6.92. The predicted molar refractivity (Wildman–Crippen MR) is 129 cm³/mol. The molecule has 1 unspecified atom stereocenters. The Bertz CT molecular complexity index is 624. The molecular formula is C20H35IN6S. The number of thiazole rings is 1. The summed E-state index contributed by atoms with van der Waals surface area (Å²) < 4.78 is 0. The van der Waals surface area contributed by atoms with Crippen LogP contribution in [0.5, 0.6) is 0 Å². The molecule has 28 heavy (non-hydrogen) atoms. The lowest BCUT2D eigenvalue weighted by Gasteiger charge is -2.25. The SMILES string of the molecule is CCNC(=NCCc1csc(N2CCCC2)n1)N1CCC(N2CCCC2)C1.I. The summed E-state index contributed by atoms with van der Waals surface area (Å²) >= 11 is 1.79. The second-order valence-electron chi connectivity index (χ2n) is 7.93. The Labute approximate surface area is 190 Å². The monoisotopic (exact) mass is 518 g/mol. The van der Waals surface area contributed by atoms with Gasteiger partial charge in [-0.05, 0) is 52.1 Å². The summed E-state index contributed by atoms with van der Waals surface area (Å²) in [6, 6.07) is 0.720. The largest absolute Gasteiger partial charge is 0.357 e. The summed E-state index contributed by atoms with van der Waals surface area (Å²) in [5.41, 5.74) is 1.19. The van der Waals surface area contributed by atoms with Crippen LogP contribution in [0.25, 0.3) is 0 Å². The van der Waals surface area contributed by atoms with Crippen LogP contribution in [0.3, 0.4) is 0 Å². The molecule has 0 radical (unpaired) electrons. The minimum atomic E-state index is 0. The van der Waals surface area contributed by atoms with Gasteiger partial charge in [-0.15, -0.1) is 35.3 Å². The number of aliphatic imine (C=N–C) groups is 1. The predicted octanol–water partition coefficient (Wildman–Crippen LogP) is 3.04. The van der Waals surface area contributed by atoms with Crippen molar-refractivity contribution in [1.29, 1.82) is 0 Å². The van der Waals surface area contributed by atoms with E-state index in [1.165, 1.54) is 69.1 Å². The third kappa shape index (κ3) is 5.50. The summed E-state index contributed by atoms with van der Waals surface area (Å²) in [7, 11) is 0. The number of hydrogen-bond acceptors (Lipinski definition) is 5. The Hall–Kier alpha value is -0.610. The first-order valence-electron chi connectivity index (χ1n) is 10.8. The van der Waals surface area contributed by atoms with Crippen molar-refractivity contribution >= 4 is 46.4 Å². The number of aromatic nitrogens is 1. The molecule has 0 spiro atoms. The van der Waals surface area contributed by atoms with E-state index >= 15 is 0 Å². The van der Waals surface area contributed by atoms with Gasteiger partial charge in [-0.1, -0.05) is 0 Å². The molecule has 1 aromatic rings. The maximum absolute atomic E-state index is 4.92. The average Bonchev–Trinajstić information content (AvgIpc) is 3.49. The average molecular weight is 519 g/mol. The van der Waals surface area contributed by atoms with Gasteiger partial charge in [-0.3, -0.25) is 9.89 Å². The topological polar surface area (TPSA) is 47.0 Å². The fourth-order valence-corrected chi connectivity index (χ4v) is 5.42. The quantitative estimate of drug-likeness (QED) is 0.357. The Morgan fingerprint density at radius 3 is 2.68 bits per heavy atom. The van der Waals surface area contributed by atoms with Crippen LogP contribution in [0.2, 0.25) is 0 Å². The van der Waals surface area contributed by atoms with E-state index < -0.39 is 0 Å². The minimum absolute atomic E-state index is 0. The van der Waals surface area contributed by atoms with Gasteiger partial charge in [0.25, 0.3) is 0 Å². The van der Waals surface area contributed by atoms with Crippen molar-refractivity contribution < 1.29 is 0 Å². The zero-order valence-corrected chi connectivity index (χ0v) is 20.3. The maximum atomic E-state index is 4.92. The van der Waals surface area contributed by atoms with Gasteiger partial charge in [-0.25, -0.2) is 4.98 Å².